The Bertz CT molecular complexity index is 833. The van der Waals surface area contributed by atoms with Crippen LogP contribution in [0.2, 0.25) is 0 Å². The first-order chi connectivity index (χ1) is 10.2. The number of nitrogens with zero attached hydrogens (tertiary/aromatic N) is 2. The van der Waals surface area contributed by atoms with Gasteiger partial charge in [-0.2, -0.15) is 5.10 Å². The molecule has 1 unspecified atom stereocenters. The summed E-state index contributed by atoms with van der Waals surface area (Å²) in [5.74, 6) is 0.366. The van der Waals surface area contributed by atoms with Crippen LogP contribution in [0.25, 0.3) is 10.9 Å². The lowest BCUT2D eigenvalue weighted by Gasteiger charge is -2.00. The molecule has 0 saturated carbocycles. The van der Waals surface area contributed by atoms with Crippen LogP contribution in [0.4, 0.5) is 0 Å². The summed E-state index contributed by atoms with van der Waals surface area (Å²) in [7, 11) is 0. The van der Waals surface area contributed by atoms with Gasteiger partial charge in [0.25, 0.3) is 0 Å². The predicted molar refractivity (Wildman–Crippen MR) is 82.5 cm³/mol. The Hall–Kier alpha value is -2.42. The number of Topliss-reactive ketones (excluding diaryl/α,β-unsaturated/α-hetero) is 1. The molecule has 4 rings (SSSR count). The molecule has 0 N–H and O–H groups in total. The monoisotopic (exact) mass is 276 g/mol. The van der Waals surface area contributed by atoms with Crippen molar-refractivity contribution in [2.75, 3.05) is 0 Å². The van der Waals surface area contributed by atoms with Gasteiger partial charge in [-0.3, -0.25) is 9.48 Å². The second-order valence-electron chi connectivity index (χ2n) is 5.81. The quantitative estimate of drug-likeness (QED) is 0.718. The molecule has 0 amide bonds. The normalized spacial score (nSPS) is 17.4. The molecule has 3 nitrogen and oxygen atoms in total. The van der Waals surface area contributed by atoms with Gasteiger partial charge in [-0.05, 0) is 29.7 Å². The van der Waals surface area contributed by atoms with Crippen LogP contribution in [-0.4, -0.2) is 15.6 Å². The number of aromatic nitrogens is 2. The molecule has 1 atom stereocenters. The molecule has 0 aliphatic heterocycles. The Balaban J connectivity index is 1.78. The fraction of sp³-hybridized carbons (Fsp3) is 0.222. The molecule has 3 heteroatoms. The number of hydrogen-bond donors (Lipinski definition) is 0. The Morgan fingerprint density at radius 1 is 1.19 bits per heavy atom. The number of rotatable bonds is 2. The highest BCUT2D eigenvalue weighted by molar-refractivity contribution is 6.06. The third kappa shape index (κ3) is 1.97. The van der Waals surface area contributed by atoms with Gasteiger partial charge in [-0.15, -0.1) is 0 Å². The molecule has 0 bridgehead atoms. The Morgan fingerprint density at radius 3 is 2.81 bits per heavy atom. The molecule has 1 heterocycles. The highest BCUT2D eigenvalue weighted by atomic mass is 16.1. The molecule has 21 heavy (non-hydrogen) atoms. The number of benzene rings is 2. The molecule has 3 aromatic rings. The van der Waals surface area contributed by atoms with Crippen LogP contribution in [0, 0.1) is 5.92 Å². The van der Waals surface area contributed by atoms with Crippen molar-refractivity contribution in [1.82, 2.24) is 9.78 Å². The lowest BCUT2D eigenvalue weighted by molar-refractivity contribution is 0.0946. The van der Waals surface area contributed by atoms with Crippen molar-refractivity contribution >= 4 is 16.7 Å². The van der Waals surface area contributed by atoms with Crippen LogP contribution in [0.1, 0.15) is 28.4 Å². The van der Waals surface area contributed by atoms with Crippen molar-refractivity contribution in [3.63, 3.8) is 0 Å². The summed E-state index contributed by atoms with van der Waals surface area (Å²) >= 11 is 0. The first-order valence-corrected chi connectivity index (χ1v) is 7.29. The molecular weight excluding hydrogens is 260 g/mol. The second kappa shape index (κ2) is 4.55. The summed E-state index contributed by atoms with van der Waals surface area (Å²) in [4.78, 5) is 12.1. The van der Waals surface area contributed by atoms with Crippen LogP contribution in [-0.2, 0) is 13.0 Å². The van der Waals surface area contributed by atoms with Gasteiger partial charge in [0.2, 0.25) is 0 Å². The maximum absolute atomic E-state index is 12.1. The lowest BCUT2D eigenvalue weighted by atomic mass is 10.1. The molecule has 104 valence electrons. The Morgan fingerprint density at radius 2 is 2.00 bits per heavy atom. The average molecular weight is 276 g/mol. The van der Waals surface area contributed by atoms with Crippen molar-refractivity contribution < 1.29 is 4.79 Å². The van der Waals surface area contributed by atoms with Crippen LogP contribution in [0.15, 0.2) is 48.7 Å². The summed E-state index contributed by atoms with van der Waals surface area (Å²) in [6.45, 7) is 2.76. The minimum Gasteiger partial charge on any atom is -0.294 e. The van der Waals surface area contributed by atoms with Gasteiger partial charge >= 0.3 is 0 Å². The van der Waals surface area contributed by atoms with E-state index in [1.807, 2.05) is 41.9 Å². The lowest BCUT2D eigenvalue weighted by Crippen LogP contribution is -2.02. The van der Waals surface area contributed by atoms with Crippen molar-refractivity contribution in [3.05, 3.63) is 65.4 Å². The SMILES string of the molecule is CC1Cc2c(ccc3nn(Cc4ccccc4)cc23)C1=O. The van der Waals surface area contributed by atoms with Crippen LogP contribution in [0.5, 0.6) is 0 Å². The fourth-order valence-corrected chi connectivity index (χ4v) is 3.17. The number of ketones is 1. The van der Waals surface area contributed by atoms with Gasteiger partial charge in [0.05, 0.1) is 12.1 Å². The Kier molecular flexibility index (Phi) is 2.67. The van der Waals surface area contributed by atoms with E-state index in [1.165, 1.54) is 11.1 Å². The van der Waals surface area contributed by atoms with E-state index in [2.05, 4.69) is 23.4 Å². The summed E-state index contributed by atoms with van der Waals surface area (Å²) in [6.07, 6.45) is 2.91. The van der Waals surface area contributed by atoms with E-state index >= 15 is 0 Å². The van der Waals surface area contributed by atoms with E-state index in [4.69, 9.17) is 0 Å². The molecule has 1 aromatic heterocycles. The minimum atomic E-state index is 0.100. The van der Waals surface area contributed by atoms with Gasteiger partial charge < -0.3 is 0 Å². The zero-order valence-electron chi connectivity index (χ0n) is 11.9. The highest BCUT2D eigenvalue weighted by Gasteiger charge is 2.28. The first kappa shape index (κ1) is 12.3. The number of carbonyl (C=O) groups is 1. The zero-order chi connectivity index (χ0) is 14.4. The van der Waals surface area contributed by atoms with E-state index in [1.54, 1.807) is 0 Å². The standard InChI is InChI=1S/C18H16N2O/c1-12-9-15-14(18(12)21)7-8-17-16(15)11-20(19-17)10-13-5-3-2-4-6-13/h2-8,11-12H,9-10H2,1H3. The molecule has 0 fully saturated rings. The van der Waals surface area contributed by atoms with E-state index < -0.39 is 0 Å². The number of carbonyl (C=O) groups excluding carboxylic acids is 1. The molecule has 2 aromatic carbocycles. The van der Waals surface area contributed by atoms with Gasteiger partial charge in [0.1, 0.15) is 0 Å². The maximum atomic E-state index is 12.1. The summed E-state index contributed by atoms with van der Waals surface area (Å²) in [5, 5.41) is 5.77. The summed E-state index contributed by atoms with van der Waals surface area (Å²) in [6, 6.07) is 14.2. The van der Waals surface area contributed by atoms with E-state index in [0.717, 1.165) is 29.4 Å². The van der Waals surface area contributed by atoms with Crippen LogP contribution < -0.4 is 0 Å². The van der Waals surface area contributed by atoms with E-state index in [-0.39, 0.29) is 11.7 Å². The van der Waals surface area contributed by atoms with E-state index in [9.17, 15) is 4.79 Å². The molecule has 0 radical (unpaired) electrons. The van der Waals surface area contributed by atoms with Gasteiger partial charge in [-0.1, -0.05) is 37.3 Å². The zero-order valence-corrected chi connectivity index (χ0v) is 11.9. The molecule has 0 spiro atoms. The first-order valence-electron chi connectivity index (χ1n) is 7.29. The van der Waals surface area contributed by atoms with Gasteiger partial charge in [-0.25, -0.2) is 0 Å². The molecular formula is C18H16N2O. The van der Waals surface area contributed by atoms with Crippen molar-refractivity contribution in [2.24, 2.45) is 5.92 Å². The van der Waals surface area contributed by atoms with Gasteiger partial charge in [0.15, 0.2) is 5.78 Å². The minimum absolute atomic E-state index is 0.100. The molecule has 0 saturated heterocycles. The number of fused-ring (bicyclic) bond motifs is 3. The topological polar surface area (TPSA) is 34.9 Å². The third-order valence-electron chi connectivity index (χ3n) is 4.26. The van der Waals surface area contributed by atoms with Gasteiger partial charge in [0, 0.05) is 23.1 Å². The second-order valence-corrected chi connectivity index (χ2v) is 5.81. The van der Waals surface area contributed by atoms with Crippen molar-refractivity contribution in [1.29, 1.82) is 0 Å². The Labute approximate surface area is 123 Å². The van der Waals surface area contributed by atoms with E-state index in [0.29, 0.717) is 0 Å². The highest BCUT2D eigenvalue weighted by Crippen LogP contribution is 2.32. The molecule has 1 aliphatic carbocycles. The summed E-state index contributed by atoms with van der Waals surface area (Å²) < 4.78 is 1.97. The maximum Gasteiger partial charge on any atom is 0.166 e. The average Bonchev–Trinajstić information content (AvgIpc) is 3.02. The smallest absolute Gasteiger partial charge is 0.166 e. The fourth-order valence-electron chi connectivity index (χ4n) is 3.17. The molecule has 1 aliphatic rings. The van der Waals surface area contributed by atoms with Crippen LogP contribution >= 0.6 is 0 Å². The van der Waals surface area contributed by atoms with Crippen molar-refractivity contribution in [2.45, 2.75) is 19.9 Å². The summed E-state index contributed by atoms with van der Waals surface area (Å²) in [5.41, 5.74) is 4.26. The van der Waals surface area contributed by atoms with Crippen molar-refractivity contribution in [3.8, 4) is 0 Å². The number of hydrogen-bond acceptors (Lipinski definition) is 2. The predicted octanol–water partition coefficient (Wildman–Crippen LogP) is 3.46. The third-order valence-corrected chi connectivity index (χ3v) is 4.26. The van der Waals surface area contributed by atoms with Crippen LogP contribution in [0.3, 0.4) is 0 Å². The largest absolute Gasteiger partial charge is 0.294 e.